The Balaban J connectivity index is 1.83. The maximum Gasteiger partial charge on any atom is 0.303 e. The summed E-state index contributed by atoms with van der Waals surface area (Å²) in [7, 11) is 0. The van der Waals surface area contributed by atoms with Gasteiger partial charge in [0.1, 0.15) is 0 Å². The van der Waals surface area contributed by atoms with E-state index in [4.69, 9.17) is 5.11 Å². The van der Waals surface area contributed by atoms with Crippen molar-refractivity contribution >= 4 is 11.9 Å². The van der Waals surface area contributed by atoms with Gasteiger partial charge in [0.2, 0.25) is 5.91 Å². The fourth-order valence-electron chi connectivity index (χ4n) is 3.22. The highest BCUT2D eigenvalue weighted by atomic mass is 16.4. The third-order valence-electron chi connectivity index (χ3n) is 4.81. The molecule has 0 aromatic heterocycles. The van der Waals surface area contributed by atoms with Crippen LogP contribution in [0.5, 0.6) is 0 Å². The average molecular weight is 383 g/mol. The van der Waals surface area contributed by atoms with Gasteiger partial charge in [-0.25, -0.2) is 0 Å². The molecule has 1 unspecified atom stereocenters. The minimum Gasteiger partial charge on any atom is -0.481 e. The number of nitrogens with zero attached hydrogens (tertiary/aromatic N) is 1. The van der Waals surface area contributed by atoms with E-state index in [1.54, 1.807) is 11.0 Å². The highest BCUT2D eigenvalue weighted by molar-refractivity contribution is 5.77. The molecule has 0 bridgehead atoms. The van der Waals surface area contributed by atoms with E-state index in [1.807, 2.05) is 36.4 Å². The van der Waals surface area contributed by atoms with Gasteiger partial charge in [0, 0.05) is 19.3 Å². The Kier molecular flexibility index (Phi) is 9.30. The topological polar surface area (TPSA) is 77.8 Å². The molecule has 1 saturated heterocycles. The van der Waals surface area contributed by atoms with Crippen LogP contribution < -0.4 is 0 Å². The van der Waals surface area contributed by atoms with Gasteiger partial charge in [-0.05, 0) is 37.7 Å². The summed E-state index contributed by atoms with van der Waals surface area (Å²) in [5, 5.41) is 18.9. The molecule has 28 heavy (non-hydrogen) atoms. The van der Waals surface area contributed by atoms with Gasteiger partial charge in [-0.3, -0.25) is 9.59 Å². The average Bonchev–Trinajstić information content (AvgIpc) is 2.69. The molecule has 1 aromatic rings. The van der Waals surface area contributed by atoms with Crippen molar-refractivity contribution in [1.82, 2.24) is 4.90 Å². The second-order valence-electron chi connectivity index (χ2n) is 7.06. The number of carboxylic acid groups (broad SMARTS) is 1. The second-order valence-corrected chi connectivity index (χ2v) is 7.06. The number of aliphatic hydroxyl groups excluding tert-OH is 1. The molecule has 0 spiro atoms. The van der Waals surface area contributed by atoms with Crippen LogP contribution in [0, 0.1) is 11.8 Å². The van der Waals surface area contributed by atoms with Crippen molar-refractivity contribution in [2.24, 2.45) is 0 Å². The van der Waals surface area contributed by atoms with Gasteiger partial charge in [-0.15, -0.1) is 5.92 Å². The lowest BCUT2D eigenvalue weighted by Gasteiger charge is -2.32. The van der Waals surface area contributed by atoms with Gasteiger partial charge in [0.15, 0.2) is 0 Å². The minimum absolute atomic E-state index is 0.0408. The predicted molar refractivity (Wildman–Crippen MR) is 109 cm³/mol. The van der Waals surface area contributed by atoms with E-state index in [9.17, 15) is 14.7 Å². The number of piperidine rings is 1. The number of hydrogen-bond acceptors (Lipinski definition) is 3. The Hall–Kier alpha value is -2.58. The summed E-state index contributed by atoms with van der Waals surface area (Å²) in [6.45, 7) is 0.348. The van der Waals surface area contributed by atoms with E-state index in [-0.39, 0.29) is 18.4 Å². The number of carbonyl (C=O) groups excluding carboxylic acids is 1. The molecule has 1 fully saturated rings. The Morgan fingerprint density at radius 1 is 1.29 bits per heavy atom. The van der Waals surface area contributed by atoms with Gasteiger partial charge in [0.05, 0.1) is 18.7 Å². The second kappa shape index (κ2) is 12.0. The molecular weight excluding hydrogens is 354 g/mol. The van der Waals surface area contributed by atoms with Crippen LogP contribution in [0.15, 0.2) is 42.5 Å². The van der Waals surface area contributed by atoms with Gasteiger partial charge < -0.3 is 15.1 Å². The molecule has 1 aromatic carbocycles. The minimum atomic E-state index is -0.816. The number of carbonyl (C=O) groups is 2. The molecule has 2 rings (SSSR count). The molecule has 1 heterocycles. The summed E-state index contributed by atoms with van der Waals surface area (Å²) >= 11 is 0. The first-order chi connectivity index (χ1) is 13.6. The fraction of sp³-hybridized carbons (Fsp3) is 0.478. The molecule has 5 heteroatoms. The first-order valence-electron chi connectivity index (χ1n) is 9.93. The summed E-state index contributed by atoms with van der Waals surface area (Å²) in [6.07, 6.45) is 8.03. The lowest BCUT2D eigenvalue weighted by atomic mass is 9.99. The molecule has 2 N–H and O–H groups in total. The van der Waals surface area contributed by atoms with Crippen molar-refractivity contribution in [3.8, 4) is 11.8 Å². The number of hydrogen-bond donors (Lipinski definition) is 2. The molecule has 0 saturated carbocycles. The van der Waals surface area contributed by atoms with E-state index in [2.05, 4.69) is 11.8 Å². The molecule has 0 radical (unpaired) electrons. The first-order valence-corrected chi connectivity index (χ1v) is 9.93. The zero-order valence-corrected chi connectivity index (χ0v) is 16.2. The molecule has 1 aliphatic heterocycles. The van der Waals surface area contributed by atoms with Crippen LogP contribution in [0.3, 0.4) is 0 Å². The molecule has 5 nitrogen and oxygen atoms in total. The highest BCUT2D eigenvalue weighted by Gasteiger charge is 2.25. The molecule has 0 aliphatic carbocycles. The van der Waals surface area contributed by atoms with Crippen LogP contribution in [0.25, 0.3) is 0 Å². The summed E-state index contributed by atoms with van der Waals surface area (Å²) in [4.78, 5) is 24.5. The Labute approximate surface area is 167 Å². The number of amides is 1. The summed E-state index contributed by atoms with van der Waals surface area (Å²) in [5.41, 5.74) is 1.20. The lowest BCUT2D eigenvalue weighted by Crippen LogP contribution is -2.42. The Morgan fingerprint density at radius 3 is 2.82 bits per heavy atom. The van der Waals surface area contributed by atoms with Crippen molar-refractivity contribution in [3.05, 3.63) is 48.0 Å². The molecule has 2 atom stereocenters. The molecular formula is C23H29NO4. The van der Waals surface area contributed by atoms with E-state index in [0.29, 0.717) is 32.2 Å². The number of unbranched alkanes of at least 4 members (excludes halogenated alkanes) is 1. The Bertz CT molecular complexity index is 717. The summed E-state index contributed by atoms with van der Waals surface area (Å²) in [5.74, 6) is 5.21. The monoisotopic (exact) mass is 383 g/mol. The van der Waals surface area contributed by atoms with Crippen LogP contribution in [-0.2, 0) is 16.0 Å². The normalized spacial score (nSPS) is 18.0. The highest BCUT2D eigenvalue weighted by Crippen LogP contribution is 2.19. The van der Waals surface area contributed by atoms with E-state index >= 15 is 0 Å². The van der Waals surface area contributed by atoms with Crippen LogP contribution in [0.1, 0.15) is 50.5 Å². The van der Waals surface area contributed by atoms with Gasteiger partial charge in [-0.2, -0.15) is 0 Å². The maximum atomic E-state index is 12.3. The van der Waals surface area contributed by atoms with Gasteiger partial charge in [0.25, 0.3) is 0 Å². The number of benzene rings is 1. The molecule has 150 valence electrons. The fourth-order valence-corrected chi connectivity index (χ4v) is 3.22. The number of aliphatic carboxylic acids is 1. The lowest BCUT2D eigenvalue weighted by molar-refractivity contribution is -0.137. The third kappa shape index (κ3) is 7.98. The van der Waals surface area contributed by atoms with Crippen LogP contribution >= 0.6 is 0 Å². The number of carboxylic acids is 1. The summed E-state index contributed by atoms with van der Waals surface area (Å²) in [6, 6.07) is 10.0. The van der Waals surface area contributed by atoms with Crippen LogP contribution in [0.4, 0.5) is 0 Å². The van der Waals surface area contributed by atoms with Crippen LogP contribution in [-0.4, -0.2) is 45.7 Å². The zero-order chi connectivity index (χ0) is 20.2. The van der Waals surface area contributed by atoms with Crippen molar-refractivity contribution < 1.29 is 19.8 Å². The quantitative estimate of drug-likeness (QED) is 0.390. The summed E-state index contributed by atoms with van der Waals surface area (Å²) < 4.78 is 0. The van der Waals surface area contributed by atoms with Gasteiger partial charge >= 0.3 is 5.97 Å². The van der Waals surface area contributed by atoms with Gasteiger partial charge in [-0.1, -0.05) is 48.4 Å². The van der Waals surface area contributed by atoms with Crippen molar-refractivity contribution in [2.45, 2.75) is 63.5 Å². The standard InChI is InChI=1S/C23H29NO4/c25-21(16-14-19-9-4-3-5-10-19)17-15-20-11-8-12-22(26)24(20)18-7-2-1-6-13-23(27)28/h3-5,9-10,15,17,20-21,25H,1,6,8,11-14,16,18H2,(H,27,28)/b17-15+/t20-,21?/m1/s1. The molecule has 1 aliphatic rings. The van der Waals surface area contributed by atoms with E-state index < -0.39 is 12.1 Å². The Morgan fingerprint density at radius 2 is 2.07 bits per heavy atom. The number of aliphatic hydroxyl groups is 1. The van der Waals surface area contributed by atoms with E-state index in [0.717, 1.165) is 19.3 Å². The SMILES string of the molecule is O=C(O)CCCC#CCN1C(=O)CCC[C@@H]1/C=C/C(O)CCc1ccccc1. The van der Waals surface area contributed by atoms with E-state index in [1.165, 1.54) is 5.56 Å². The number of rotatable bonds is 9. The van der Waals surface area contributed by atoms with Crippen molar-refractivity contribution in [2.75, 3.05) is 6.54 Å². The number of likely N-dealkylation sites (tertiary alicyclic amines) is 1. The maximum absolute atomic E-state index is 12.3. The van der Waals surface area contributed by atoms with Crippen molar-refractivity contribution in [3.63, 3.8) is 0 Å². The first kappa shape index (κ1) is 21.7. The van der Waals surface area contributed by atoms with Crippen molar-refractivity contribution in [1.29, 1.82) is 0 Å². The smallest absolute Gasteiger partial charge is 0.303 e. The van der Waals surface area contributed by atoms with Crippen LogP contribution in [0.2, 0.25) is 0 Å². The number of aryl methyl sites for hydroxylation is 1. The molecule has 1 amide bonds. The zero-order valence-electron chi connectivity index (χ0n) is 16.2. The largest absolute Gasteiger partial charge is 0.481 e. The predicted octanol–water partition coefficient (Wildman–Crippen LogP) is 3.18. The third-order valence-corrected chi connectivity index (χ3v) is 4.81.